The number of aryl methyl sites for hydroxylation is 6. The van der Waals surface area contributed by atoms with E-state index >= 15 is 0 Å². The number of nitrogen functional groups attached to an aromatic ring is 1. The molecule has 17 heteroatoms. The predicted molar refractivity (Wildman–Crippen MR) is 200 cm³/mol. The highest BCUT2D eigenvalue weighted by Gasteiger charge is 2.44. The summed E-state index contributed by atoms with van der Waals surface area (Å²) >= 11 is 5.22. The zero-order valence-electron chi connectivity index (χ0n) is 31.1. The van der Waals surface area contributed by atoms with E-state index in [1.165, 1.54) is 12.1 Å². The highest BCUT2D eigenvalue weighted by molar-refractivity contribution is 6.68. The first-order valence-corrected chi connectivity index (χ1v) is 17.3. The Hall–Kier alpha value is -6.55. The lowest BCUT2D eigenvalue weighted by Gasteiger charge is -2.09. The number of benzene rings is 4. The molecule has 2 aliphatic heterocycles. The molecule has 12 nitrogen and oxygen atoms in total. The van der Waals surface area contributed by atoms with Gasteiger partial charge >= 0.3 is 12.6 Å². The van der Waals surface area contributed by atoms with Crippen molar-refractivity contribution in [2.24, 2.45) is 0 Å². The summed E-state index contributed by atoms with van der Waals surface area (Å²) in [5.74, 6) is 0.697. The molecule has 1 amide bonds. The van der Waals surface area contributed by atoms with Crippen molar-refractivity contribution < 1.29 is 55.1 Å². The van der Waals surface area contributed by atoms with Crippen LogP contribution in [0.2, 0.25) is 0 Å². The number of anilines is 2. The minimum absolute atomic E-state index is 0.00888. The molecule has 296 valence electrons. The molecule has 0 saturated carbocycles. The van der Waals surface area contributed by atoms with E-state index < -0.39 is 17.8 Å². The van der Waals surface area contributed by atoms with Gasteiger partial charge in [-0.15, -0.1) is 17.6 Å². The van der Waals surface area contributed by atoms with Crippen LogP contribution in [0.1, 0.15) is 54.8 Å². The largest absolute Gasteiger partial charge is 0.586 e. The Bertz CT molecular complexity index is 2450. The second-order valence-corrected chi connectivity index (χ2v) is 13.2. The SMILES string of the molecule is Cc1cc2c(cc1-c1ccc(N)cc1)OC(F)(F)O2.Cc1cc2c(cc1-c1ccc(NC(=O)c3c(C)noc3C)cc1)OC(F)(F)O2.Cc1noc(C)c1C(=O)Cl. The lowest BCUT2D eigenvalue weighted by atomic mass is 9.99. The summed E-state index contributed by atoms with van der Waals surface area (Å²) in [6.07, 6.45) is -7.24. The molecule has 0 spiro atoms. The normalized spacial score (nSPS) is 13.9. The molecule has 3 N–H and O–H groups in total. The van der Waals surface area contributed by atoms with Gasteiger partial charge in [-0.2, -0.15) is 0 Å². The van der Waals surface area contributed by atoms with E-state index in [0.29, 0.717) is 45.4 Å². The van der Waals surface area contributed by atoms with Crippen molar-refractivity contribution in [3.05, 3.63) is 118 Å². The summed E-state index contributed by atoms with van der Waals surface area (Å²) in [6.45, 7) is 10.3. The van der Waals surface area contributed by atoms with Gasteiger partial charge in [0.15, 0.2) is 23.0 Å². The Labute approximate surface area is 327 Å². The number of nitrogens with zero attached hydrogens (tertiary/aromatic N) is 2. The van der Waals surface area contributed by atoms with Gasteiger partial charge in [-0.1, -0.05) is 34.6 Å². The summed E-state index contributed by atoms with van der Waals surface area (Å²) < 4.78 is 80.1. The number of ether oxygens (including phenoxy) is 4. The maximum absolute atomic E-state index is 13.3. The minimum atomic E-state index is -3.65. The number of hydrogen-bond donors (Lipinski definition) is 2. The number of fused-ring (bicyclic) bond motifs is 2. The van der Waals surface area contributed by atoms with E-state index in [2.05, 4.69) is 34.6 Å². The van der Waals surface area contributed by atoms with E-state index in [1.807, 2.05) is 19.1 Å². The van der Waals surface area contributed by atoms with Crippen molar-refractivity contribution in [3.8, 4) is 45.3 Å². The second-order valence-electron chi connectivity index (χ2n) is 12.9. The number of hydrogen-bond acceptors (Lipinski definition) is 11. The van der Waals surface area contributed by atoms with E-state index in [4.69, 9.17) is 26.4 Å². The third-order valence-electron chi connectivity index (χ3n) is 8.66. The van der Waals surface area contributed by atoms with Crippen LogP contribution in [-0.2, 0) is 0 Å². The van der Waals surface area contributed by atoms with Crippen molar-refractivity contribution in [1.82, 2.24) is 10.3 Å². The third kappa shape index (κ3) is 8.96. The van der Waals surface area contributed by atoms with Gasteiger partial charge in [0.25, 0.3) is 11.1 Å². The van der Waals surface area contributed by atoms with Crippen molar-refractivity contribution in [1.29, 1.82) is 0 Å². The Balaban J connectivity index is 0.000000162. The van der Waals surface area contributed by atoms with Crippen molar-refractivity contribution >= 4 is 34.1 Å². The van der Waals surface area contributed by atoms with E-state index in [9.17, 15) is 27.2 Å². The second kappa shape index (κ2) is 15.5. The molecular weight excluding hydrogens is 776 g/mol. The highest BCUT2D eigenvalue weighted by Crippen LogP contribution is 2.46. The number of carbonyl (C=O) groups is 2. The lowest BCUT2D eigenvalue weighted by Crippen LogP contribution is -2.25. The molecule has 6 aromatic rings. The Morgan fingerprint density at radius 2 is 1.00 bits per heavy atom. The number of rotatable bonds is 5. The number of carbonyl (C=O) groups excluding carboxylic acids is 2. The lowest BCUT2D eigenvalue weighted by molar-refractivity contribution is -0.287. The topological polar surface area (TPSA) is 161 Å². The maximum Gasteiger partial charge on any atom is 0.586 e. The van der Waals surface area contributed by atoms with Crippen LogP contribution >= 0.6 is 11.6 Å². The van der Waals surface area contributed by atoms with Crippen LogP contribution < -0.4 is 30.0 Å². The van der Waals surface area contributed by atoms with E-state index in [1.54, 1.807) is 83.1 Å². The van der Waals surface area contributed by atoms with Gasteiger partial charge in [-0.05, 0) is 135 Å². The molecule has 0 atom stereocenters. The van der Waals surface area contributed by atoms with Crippen LogP contribution in [0.25, 0.3) is 22.3 Å². The average molecular weight is 809 g/mol. The molecule has 0 fully saturated rings. The van der Waals surface area contributed by atoms with E-state index in [0.717, 1.165) is 33.4 Å². The molecular formula is C40H33ClF4N4O8. The minimum Gasteiger partial charge on any atom is -0.399 e. The van der Waals surface area contributed by atoms with Crippen molar-refractivity contribution in [2.75, 3.05) is 11.1 Å². The van der Waals surface area contributed by atoms with Crippen LogP contribution in [0.15, 0.2) is 81.8 Å². The van der Waals surface area contributed by atoms with Gasteiger partial charge in [-0.3, -0.25) is 9.59 Å². The van der Waals surface area contributed by atoms with Gasteiger partial charge < -0.3 is 39.0 Å². The van der Waals surface area contributed by atoms with E-state index in [-0.39, 0.29) is 28.9 Å². The van der Waals surface area contributed by atoms with Crippen molar-refractivity contribution in [2.45, 2.75) is 54.1 Å². The maximum atomic E-state index is 13.3. The molecule has 8 rings (SSSR count). The quantitative estimate of drug-likeness (QED) is 0.0969. The Kier molecular flexibility index (Phi) is 10.9. The number of amides is 1. The number of nitrogens with two attached hydrogens (primary N) is 1. The van der Waals surface area contributed by atoms with Crippen LogP contribution in [0.5, 0.6) is 23.0 Å². The van der Waals surface area contributed by atoms with Gasteiger partial charge in [-0.25, -0.2) is 0 Å². The van der Waals surface area contributed by atoms with Crippen LogP contribution in [-0.4, -0.2) is 34.1 Å². The smallest absolute Gasteiger partial charge is 0.399 e. The molecule has 4 heterocycles. The zero-order valence-corrected chi connectivity index (χ0v) is 31.8. The number of aromatic nitrogens is 2. The molecule has 2 aromatic heterocycles. The molecule has 57 heavy (non-hydrogen) atoms. The fourth-order valence-corrected chi connectivity index (χ4v) is 6.25. The number of alkyl halides is 4. The van der Waals surface area contributed by atoms with Crippen LogP contribution in [0.3, 0.4) is 0 Å². The zero-order chi connectivity index (χ0) is 41.4. The van der Waals surface area contributed by atoms with Gasteiger partial charge in [0.2, 0.25) is 0 Å². The molecule has 0 saturated heterocycles. The van der Waals surface area contributed by atoms with Gasteiger partial charge in [0.1, 0.15) is 17.1 Å². The molecule has 2 aliphatic rings. The summed E-state index contributed by atoms with van der Waals surface area (Å²) in [5, 5.41) is 9.60. The van der Waals surface area contributed by atoms with Gasteiger partial charge in [0, 0.05) is 11.4 Å². The fourth-order valence-electron chi connectivity index (χ4n) is 5.98. The van der Waals surface area contributed by atoms with Crippen LogP contribution in [0, 0.1) is 41.5 Å². The standard InChI is InChI=1S/C20H16F2N2O4.C14H11F2NO2.C6H6ClNO2/c1-10-8-16-17(27-20(21,22)26-16)9-15(10)13-4-6-14(7-5-13)23-19(25)18-11(2)24-28-12(18)3;1-8-6-12-13(19-14(15,16)18-12)7-11(8)9-2-4-10(17)5-3-9;1-3-5(6(7)9)4(2)10-8-3/h4-9H,1-3H3,(H,23,25);2-7H,17H2,1H3;1-2H3. The first kappa shape index (κ1) is 40.1. The third-order valence-corrected chi connectivity index (χ3v) is 8.85. The monoisotopic (exact) mass is 808 g/mol. The summed E-state index contributed by atoms with van der Waals surface area (Å²) in [4.78, 5) is 23.0. The molecule has 0 radical (unpaired) electrons. The number of halogens is 5. The summed E-state index contributed by atoms with van der Waals surface area (Å²) in [6, 6.07) is 20.3. The Morgan fingerprint density at radius 1 is 0.614 bits per heavy atom. The van der Waals surface area contributed by atoms with Crippen LogP contribution in [0.4, 0.5) is 28.9 Å². The molecule has 4 aromatic carbocycles. The predicted octanol–water partition coefficient (Wildman–Crippen LogP) is 10.1. The molecule has 0 aliphatic carbocycles. The average Bonchev–Trinajstić information content (AvgIpc) is 3.84. The van der Waals surface area contributed by atoms with Crippen molar-refractivity contribution in [3.63, 3.8) is 0 Å². The highest BCUT2D eigenvalue weighted by atomic mass is 35.5. The summed E-state index contributed by atoms with van der Waals surface area (Å²) in [5.41, 5.74) is 13.5. The molecule has 0 unspecified atom stereocenters. The number of nitrogens with one attached hydrogen (secondary N) is 1. The van der Waals surface area contributed by atoms with Gasteiger partial charge in [0.05, 0.1) is 17.0 Å². The summed E-state index contributed by atoms with van der Waals surface area (Å²) in [7, 11) is 0. The first-order chi connectivity index (χ1) is 26.8. The Morgan fingerprint density at radius 3 is 1.37 bits per heavy atom. The molecule has 0 bridgehead atoms. The first-order valence-electron chi connectivity index (χ1n) is 16.9. The fraction of sp³-hybridized carbons (Fsp3) is 0.200.